The molecule has 1 aromatic heterocycles. The second-order valence-electron chi connectivity index (χ2n) is 12.1. The van der Waals surface area contributed by atoms with Crippen LogP contribution in [-0.4, -0.2) is 9.97 Å². The first-order chi connectivity index (χ1) is 24.5. The smallest absolute Gasteiger partial charge is 0.0973 e. The summed E-state index contributed by atoms with van der Waals surface area (Å²) in [5.41, 5.74) is 14.4. The average Bonchev–Trinajstić information content (AvgIpc) is 3.16. The maximum atomic E-state index is 5.25. The van der Waals surface area contributed by atoms with Gasteiger partial charge in [0.1, 0.15) is 0 Å². The van der Waals surface area contributed by atoms with Crippen LogP contribution in [0.2, 0.25) is 0 Å². The highest BCUT2D eigenvalue weighted by atomic mass is 15.1. The van der Waals surface area contributed by atoms with E-state index in [0.717, 1.165) is 78.7 Å². The number of aryl methyl sites for hydroxylation is 2. The highest BCUT2D eigenvalue weighted by Gasteiger charge is 2.17. The number of hydrogen-bond acceptors (Lipinski definition) is 4. The van der Waals surface area contributed by atoms with Crippen LogP contribution in [0.3, 0.4) is 0 Å². The minimum atomic E-state index is 0.879. The first kappa shape index (κ1) is 33.6. The molecule has 4 nitrogen and oxygen atoms in total. The van der Waals surface area contributed by atoms with Crippen molar-refractivity contribution in [1.82, 2.24) is 9.97 Å². The van der Waals surface area contributed by atoms with Crippen LogP contribution >= 0.6 is 0 Å². The summed E-state index contributed by atoms with van der Waals surface area (Å²) < 4.78 is 0. The van der Waals surface area contributed by atoms with Crippen LogP contribution in [0.15, 0.2) is 164 Å². The quantitative estimate of drug-likeness (QED) is 0.166. The van der Waals surface area contributed by atoms with Crippen LogP contribution in [0, 0.1) is 13.8 Å². The summed E-state index contributed by atoms with van der Waals surface area (Å²) in [6.45, 7) is 11.5. The predicted molar refractivity (Wildman–Crippen MR) is 215 cm³/mol. The van der Waals surface area contributed by atoms with Gasteiger partial charge in [0.05, 0.1) is 22.4 Å². The number of nitrogens with zero attached hydrogens (tertiary/aromatic N) is 3. The molecule has 0 atom stereocenters. The van der Waals surface area contributed by atoms with Gasteiger partial charge in [0.15, 0.2) is 0 Å². The Balaban J connectivity index is 0.00000139. The predicted octanol–water partition coefficient (Wildman–Crippen LogP) is 13.0. The number of fused-ring (bicyclic) bond motifs is 1. The Bertz CT molecular complexity index is 2220. The lowest BCUT2D eigenvalue weighted by Crippen LogP contribution is -2.09. The van der Waals surface area contributed by atoms with Crippen molar-refractivity contribution < 1.29 is 0 Å². The fourth-order valence-electron chi connectivity index (χ4n) is 5.97. The van der Waals surface area contributed by atoms with Crippen LogP contribution in [0.4, 0.5) is 28.4 Å². The van der Waals surface area contributed by atoms with Gasteiger partial charge in [-0.15, -0.1) is 6.58 Å². The maximum absolute atomic E-state index is 5.25. The molecular weight excluding hydrogens is 609 g/mol. The molecule has 6 aromatic carbocycles. The van der Waals surface area contributed by atoms with Crippen molar-refractivity contribution >= 4 is 45.5 Å². The fraction of sp³-hybridized carbons (Fsp3) is 0.0870. The molecule has 4 heteroatoms. The van der Waals surface area contributed by atoms with Gasteiger partial charge in [0, 0.05) is 39.6 Å². The molecule has 0 fully saturated rings. The minimum Gasteiger partial charge on any atom is -0.355 e. The zero-order valence-corrected chi connectivity index (χ0v) is 29.1. The lowest BCUT2D eigenvalue weighted by molar-refractivity contribution is 1.25. The van der Waals surface area contributed by atoms with Gasteiger partial charge >= 0.3 is 0 Å². The van der Waals surface area contributed by atoms with Crippen molar-refractivity contribution in [1.29, 1.82) is 0 Å². The summed E-state index contributed by atoms with van der Waals surface area (Å²) in [4.78, 5) is 12.7. The SMILES string of the molecule is C/C=C/c1ccccc1Nc1ccc(N(c2ccccc2)c2ccc(-c3nc4c(C)ccc(C)c4nc3-c3ccccc3)cc2)cc1.C=CC. The van der Waals surface area contributed by atoms with E-state index in [0.29, 0.717) is 0 Å². The highest BCUT2D eigenvalue weighted by Crippen LogP contribution is 2.38. The molecular formula is C46H42N4. The average molecular weight is 651 g/mol. The van der Waals surface area contributed by atoms with E-state index in [-0.39, 0.29) is 0 Å². The van der Waals surface area contributed by atoms with Crippen LogP contribution in [0.1, 0.15) is 30.5 Å². The molecule has 0 spiro atoms. The lowest BCUT2D eigenvalue weighted by atomic mass is 10.0. The van der Waals surface area contributed by atoms with E-state index in [1.807, 2.05) is 26.0 Å². The largest absolute Gasteiger partial charge is 0.355 e. The van der Waals surface area contributed by atoms with Gasteiger partial charge in [0.2, 0.25) is 0 Å². The van der Waals surface area contributed by atoms with Crippen molar-refractivity contribution in [2.75, 3.05) is 10.2 Å². The van der Waals surface area contributed by atoms with Gasteiger partial charge in [-0.1, -0.05) is 109 Å². The van der Waals surface area contributed by atoms with Gasteiger partial charge < -0.3 is 10.2 Å². The van der Waals surface area contributed by atoms with Gasteiger partial charge in [0.25, 0.3) is 0 Å². The maximum Gasteiger partial charge on any atom is 0.0973 e. The van der Waals surface area contributed by atoms with Crippen molar-refractivity contribution in [3.05, 3.63) is 181 Å². The molecule has 0 amide bonds. The Kier molecular flexibility index (Phi) is 10.6. The molecule has 246 valence electrons. The lowest BCUT2D eigenvalue weighted by Gasteiger charge is -2.26. The summed E-state index contributed by atoms with van der Waals surface area (Å²) in [6.07, 6.45) is 5.93. The van der Waals surface area contributed by atoms with Crippen molar-refractivity contribution in [3.63, 3.8) is 0 Å². The van der Waals surface area contributed by atoms with Crippen LogP contribution in [0.25, 0.3) is 39.6 Å². The molecule has 7 aromatic rings. The molecule has 1 heterocycles. The normalized spacial score (nSPS) is 10.8. The topological polar surface area (TPSA) is 41.0 Å². The van der Waals surface area contributed by atoms with Gasteiger partial charge in [-0.2, -0.15) is 0 Å². The number of hydrogen-bond donors (Lipinski definition) is 1. The van der Waals surface area contributed by atoms with Gasteiger partial charge in [-0.3, -0.25) is 0 Å². The summed E-state index contributed by atoms with van der Waals surface area (Å²) in [7, 11) is 0. The number of para-hydroxylation sites is 2. The number of allylic oxidation sites excluding steroid dienone is 2. The monoisotopic (exact) mass is 650 g/mol. The molecule has 0 aliphatic heterocycles. The Morgan fingerprint density at radius 2 is 1.00 bits per heavy atom. The molecule has 0 unspecified atom stereocenters. The Labute approximate surface area is 296 Å². The summed E-state index contributed by atoms with van der Waals surface area (Å²) in [5.74, 6) is 0. The number of benzene rings is 6. The molecule has 7 rings (SSSR count). The molecule has 0 aliphatic carbocycles. The van der Waals surface area contributed by atoms with Crippen LogP contribution in [-0.2, 0) is 0 Å². The van der Waals surface area contributed by atoms with E-state index in [2.05, 4.69) is 176 Å². The standard InChI is InChI=1S/C43H36N4.C3H6/c1-4-13-32-14-11-12-19-39(32)44-35-24-28-38(29-25-35)47(36-17-9-6-10-18-36)37-26-22-34(23-27-37)43-42(33-15-7-5-8-16-33)45-40-30(2)20-21-31(3)41(40)46-43;1-3-2/h4-29,44H,1-3H3;3H,1H2,2H3/b13-4+;. The molecule has 1 N–H and O–H groups in total. The zero-order valence-electron chi connectivity index (χ0n) is 29.1. The number of aromatic nitrogens is 2. The summed E-state index contributed by atoms with van der Waals surface area (Å²) in [6, 6.07) is 50.7. The molecule has 0 saturated heterocycles. The number of anilines is 5. The second-order valence-corrected chi connectivity index (χ2v) is 12.1. The first-order valence-corrected chi connectivity index (χ1v) is 17.0. The van der Waals surface area contributed by atoms with Crippen molar-refractivity contribution in [2.24, 2.45) is 0 Å². The molecule has 0 bridgehead atoms. The third-order valence-electron chi connectivity index (χ3n) is 8.40. The summed E-state index contributed by atoms with van der Waals surface area (Å²) in [5, 5.41) is 3.58. The molecule has 50 heavy (non-hydrogen) atoms. The first-order valence-electron chi connectivity index (χ1n) is 17.0. The Morgan fingerprint density at radius 3 is 1.56 bits per heavy atom. The second kappa shape index (κ2) is 15.8. The molecule has 0 saturated carbocycles. The van der Waals surface area contributed by atoms with Crippen molar-refractivity contribution in [3.8, 4) is 22.5 Å². The third-order valence-corrected chi connectivity index (χ3v) is 8.40. The number of nitrogens with one attached hydrogen (secondary N) is 1. The molecule has 0 aliphatic rings. The van der Waals surface area contributed by atoms with E-state index >= 15 is 0 Å². The van der Waals surface area contributed by atoms with Crippen LogP contribution < -0.4 is 10.2 Å². The van der Waals surface area contributed by atoms with Crippen LogP contribution in [0.5, 0.6) is 0 Å². The Hall–Kier alpha value is -6.26. The van der Waals surface area contributed by atoms with E-state index < -0.39 is 0 Å². The summed E-state index contributed by atoms with van der Waals surface area (Å²) >= 11 is 0. The third kappa shape index (κ3) is 7.40. The number of rotatable bonds is 8. The fourth-order valence-corrected chi connectivity index (χ4v) is 5.97. The van der Waals surface area contributed by atoms with E-state index in [1.165, 1.54) is 0 Å². The van der Waals surface area contributed by atoms with E-state index in [9.17, 15) is 0 Å². The minimum absolute atomic E-state index is 0.879. The van der Waals surface area contributed by atoms with E-state index in [1.54, 1.807) is 6.08 Å². The zero-order chi connectivity index (χ0) is 34.9. The van der Waals surface area contributed by atoms with Gasteiger partial charge in [-0.25, -0.2) is 9.97 Å². The highest BCUT2D eigenvalue weighted by molar-refractivity contribution is 5.90. The molecule has 0 radical (unpaired) electrons. The Morgan fingerprint density at radius 1 is 0.540 bits per heavy atom. The van der Waals surface area contributed by atoms with E-state index in [4.69, 9.17) is 9.97 Å². The van der Waals surface area contributed by atoms with Gasteiger partial charge in [-0.05, 0) is 99.0 Å². The van der Waals surface area contributed by atoms with Crippen molar-refractivity contribution in [2.45, 2.75) is 27.7 Å².